The van der Waals surface area contributed by atoms with Gasteiger partial charge in [-0.25, -0.2) is 4.99 Å². The van der Waals surface area contributed by atoms with Gasteiger partial charge in [0.2, 0.25) is 0 Å². The SMILES string of the molecule is COc1cc(C=Nc2sc3c(c2C#N)CC[C@H](C(C)(C)C)C3)cc(OC)c1. The fourth-order valence-electron chi connectivity index (χ4n) is 3.55. The van der Waals surface area contributed by atoms with Crippen molar-refractivity contribution in [2.24, 2.45) is 16.3 Å². The molecule has 0 saturated heterocycles. The molecule has 0 unspecified atom stereocenters. The minimum absolute atomic E-state index is 0.287. The van der Waals surface area contributed by atoms with Crippen molar-refractivity contribution in [2.45, 2.75) is 40.0 Å². The number of rotatable bonds is 4. The Morgan fingerprint density at radius 1 is 1.19 bits per heavy atom. The molecule has 0 fully saturated rings. The number of aliphatic imine (C=N–C) groups is 1. The lowest BCUT2D eigenvalue weighted by molar-refractivity contribution is 0.218. The molecule has 4 nitrogen and oxygen atoms in total. The Kier molecular flexibility index (Phi) is 5.57. The molecule has 0 saturated carbocycles. The largest absolute Gasteiger partial charge is 0.497 e. The van der Waals surface area contributed by atoms with Crippen molar-refractivity contribution in [3.8, 4) is 17.6 Å². The van der Waals surface area contributed by atoms with Crippen molar-refractivity contribution in [2.75, 3.05) is 14.2 Å². The van der Waals surface area contributed by atoms with Crippen LogP contribution in [0.15, 0.2) is 23.2 Å². The molecule has 27 heavy (non-hydrogen) atoms. The number of fused-ring (bicyclic) bond motifs is 1. The molecule has 0 spiro atoms. The molecule has 0 bridgehead atoms. The minimum atomic E-state index is 0.287. The van der Waals surface area contributed by atoms with Gasteiger partial charge in [0.05, 0.1) is 19.8 Å². The third kappa shape index (κ3) is 4.17. The monoisotopic (exact) mass is 382 g/mol. The summed E-state index contributed by atoms with van der Waals surface area (Å²) in [6.45, 7) is 6.91. The highest BCUT2D eigenvalue weighted by Crippen LogP contribution is 2.44. The summed E-state index contributed by atoms with van der Waals surface area (Å²) < 4.78 is 10.6. The third-order valence-corrected chi connectivity index (χ3v) is 6.45. The van der Waals surface area contributed by atoms with E-state index >= 15 is 0 Å². The van der Waals surface area contributed by atoms with Gasteiger partial charge in [-0.1, -0.05) is 20.8 Å². The van der Waals surface area contributed by atoms with Crippen molar-refractivity contribution in [3.05, 3.63) is 39.8 Å². The number of thiophene rings is 1. The molecular formula is C22H26N2O2S. The summed E-state index contributed by atoms with van der Waals surface area (Å²) in [6, 6.07) is 8.02. The van der Waals surface area contributed by atoms with Gasteiger partial charge in [0.1, 0.15) is 22.6 Å². The second kappa shape index (κ2) is 7.74. The zero-order valence-electron chi connectivity index (χ0n) is 16.6. The fraction of sp³-hybridized carbons (Fsp3) is 0.455. The second-order valence-corrected chi connectivity index (χ2v) is 9.09. The van der Waals surface area contributed by atoms with Crippen LogP contribution in [-0.4, -0.2) is 20.4 Å². The highest BCUT2D eigenvalue weighted by Gasteiger charge is 2.32. The van der Waals surface area contributed by atoms with E-state index in [1.165, 1.54) is 10.4 Å². The topological polar surface area (TPSA) is 54.6 Å². The van der Waals surface area contributed by atoms with E-state index in [0.29, 0.717) is 5.92 Å². The summed E-state index contributed by atoms with van der Waals surface area (Å²) >= 11 is 1.66. The molecule has 1 heterocycles. The summed E-state index contributed by atoms with van der Waals surface area (Å²) in [7, 11) is 3.25. The van der Waals surface area contributed by atoms with E-state index in [1.807, 2.05) is 18.2 Å². The maximum Gasteiger partial charge on any atom is 0.134 e. The molecule has 0 aliphatic heterocycles. The van der Waals surface area contributed by atoms with Crippen molar-refractivity contribution in [1.29, 1.82) is 5.26 Å². The second-order valence-electron chi connectivity index (χ2n) is 8.01. The number of nitriles is 1. The molecule has 1 aliphatic rings. The molecule has 0 radical (unpaired) electrons. The van der Waals surface area contributed by atoms with E-state index in [-0.39, 0.29) is 5.41 Å². The smallest absolute Gasteiger partial charge is 0.134 e. The number of hydrogen-bond acceptors (Lipinski definition) is 5. The van der Waals surface area contributed by atoms with Crippen molar-refractivity contribution >= 4 is 22.6 Å². The Balaban J connectivity index is 1.92. The molecule has 2 aromatic rings. The standard InChI is InChI=1S/C22H26N2O2S/c1-22(2,3)15-6-7-18-19(12-23)21(27-20(18)10-15)24-13-14-8-16(25-4)11-17(9-14)26-5/h8-9,11,13,15H,6-7,10H2,1-5H3/t15-/m0/s1. The zero-order chi connectivity index (χ0) is 19.6. The molecule has 1 atom stereocenters. The van der Waals surface area contributed by atoms with Crippen LogP contribution in [0.1, 0.15) is 48.8 Å². The van der Waals surface area contributed by atoms with E-state index < -0.39 is 0 Å². The maximum absolute atomic E-state index is 9.69. The first-order valence-corrected chi connectivity index (χ1v) is 9.99. The maximum atomic E-state index is 9.69. The van der Waals surface area contributed by atoms with E-state index in [0.717, 1.165) is 46.9 Å². The van der Waals surface area contributed by atoms with Gasteiger partial charge < -0.3 is 9.47 Å². The molecule has 1 aromatic carbocycles. The van der Waals surface area contributed by atoms with Crippen LogP contribution in [0, 0.1) is 22.7 Å². The Bertz CT molecular complexity index is 878. The van der Waals surface area contributed by atoms with E-state index in [2.05, 4.69) is 31.8 Å². The third-order valence-electron chi connectivity index (χ3n) is 5.29. The molecule has 0 N–H and O–H groups in total. The first-order chi connectivity index (χ1) is 12.9. The lowest BCUT2D eigenvalue weighted by Crippen LogP contribution is -2.26. The van der Waals surface area contributed by atoms with Gasteiger partial charge in [0.25, 0.3) is 0 Å². The quantitative estimate of drug-likeness (QED) is 0.653. The first kappa shape index (κ1) is 19.4. The lowest BCUT2D eigenvalue weighted by Gasteiger charge is -2.33. The Hall–Kier alpha value is -2.32. The van der Waals surface area contributed by atoms with Gasteiger partial charge in [0.15, 0.2) is 0 Å². The van der Waals surface area contributed by atoms with Crippen LogP contribution >= 0.6 is 11.3 Å². The van der Waals surface area contributed by atoms with Gasteiger partial charge >= 0.3 is 0 Å². The summed E-state index contributed by atoms with van der Waals surface area (Å²) in [5, 5.41) is 10.5. The molecule has 1 aliphatic carbocycles. The van der Waals surface area contributed by atoms with Crippen molar-refractivity contribution in [1.82, 2.24) is 0 Å². The highest BCUT2D eigenvalue weighted by molar-refractivity contribution is 7.16. The summed E-state index contributed by atoms with van der Waals surface area (Å²) in [5.74, 6) is 2.08. The molecule has 1 aromatic heterocycles. The van der Waals surface area contributed by atoms with E-state index in [9.17, 15) is 5.26 Å². The average Bonchev–Trinajstić information content (AvgIpc) is 3.01. The van der Waals surface area contributed by atoms with Crippen LogP contribution in [-0.2, 0) is 12.8 Å². The highest BCUT2D eigenvalue weighted by atomic mass is 32.1. The van der Waals surface area contributed by atoms with Gasteiger partial charge in [-0.05, 0) is 48.3 Å². The van der Waals surface area contributed by atoms with Crippen LogP contribution in [0.5, 0.6) is 11.5 Å². The van der Waals surface area contributed by atoms with Gasteiger partial charge in [-0.3, -0.25) is 0 Å². The predicted octanol–water partition coefficient (Wildman–Crippen LogP) is 5.54. The number of ether oxygens (including phenoxy) is 2. The van der Waals surface area contributed by atoms with Crippen LogP contribution in [0.3, 0.4) is 0 Å². The summed E-state index contributed by atoms with van der Waals surface area (Å²) in [6.07, 6.45) is 4.93. The average molecular weight is 383 g/mol. The van der Waals surface area contributed by atoms with Crippen LogP contribution < -0.4 is 9.47 Å². The predicted molar refractivity (Wildman–Crippen MR) is 111 cm³/mol. The van der Waals surface area contributed by atoms with Gasteiger partial charge in [0, 0.05) is 22.7 Å². The van der Waals surface area contributed by atoms with E-state index in [4.69, 9.17) is 9.47 Å². The molecular weight excluding hydrogens is 356 g/mol. The molecule has 5 heteroatoms. The summed E-state index contributed by atoms with van der Waals surface area (Å²) in [4.78, 5) is 5.98. The first-order valence-electron chi connectivity index (χ1n) is 9.17. The van der Waals surface area contributed by atoms with Crippen LogP contribution in [0.4, 0.5) is 5.00 Å². The van der Waals surface area contributed by atoms with Crippen LogP contribution in [0.25, 0.3) is 0 Å². The minimum Gasteiger partial charge on any atom is -0.497 e. The molecule has 142 valence electrons. The van der Waals surface area contributed by atoms with Crippen molar-refractivity contribution < 1.29 is 9.47 Å². The Morgan fingerprint density at radius 3 is 2.41 bits per heavy atom. The van der Waals surface area contributed by atoms with E-state index in [1.54, 1.807) is 31.8 Å². The van der Waals surface area contributed by atoms with Gasteiger partial charge in [-0.2, -0.15) is 5.26 Å². The molecule has 0 amide bonds. The zero-order valence-corrected chi connectivity index (χ0v) is 17.4. The number of benzene rings is 1. The lowest BCUT2D eigenvalue weighted by atomic mass is 9.72. The number of hydrogen-bond donors (Lipinski definition) is 0. The van der Waals surface area contributed by atoms with Crippen molar-refractivity contribution in [3.63, 3.8) is 0 Å². The summed E-state index contributed by atoms with van der Waals surface area (Å²) in [5.41, 5.74) is 3.12. The Labute approximate surface area is 165 Å². The van der Waals surface area contributed by atoms with Gasteiger partial charge in [-0.15, -0.1) is 11.3 Å². The number of methoxy groups -OCH3 is 2. The fourth-order valence-corrected chi connectivity index (χ4v) is 4.78. The normalized spacial score (nSPS) is 16.8. The van der Waals surface area contributed by atoms with Crippen LogP contribution in [0.2, 0.25) is 0 Å². The Morgan fingerprint density at radius 2 is 1.85 bits per heavy atom. The molecule has 3 rings (SSSR count). The number of nitrogens with zero attached hydrogens (tertiary/aromatic N) is 2.